The summed E-state index contributed by atoms with van der Waals surface area (Å²) in [7, 11) is 0. The van der Waals surface area contributed by atoms with E-state index in [-0.39, 0.29) is 11.9 Å². The average molecular weight is 356 g/mol. The third-order valence-electron chi connectivity index (χ3n) is 3.31. The van der Waals surface area contributed by atoms with Gasteiger partial charge in [0, 0.05) is 10.9 Å². The molecule has 0 aliphatic rings. The predicted octanol–water partition coefficient (Wildman–Crippen LogP) is 5.24. The van der Waals surface area contributed by atoms with Gasteiger partial charge in [0.2, 0.25) is 0 Å². The molecule has 108 valence electrons. The van der Waals surface area contributed by atoms with Crippen molar-refractivity contribution in [2.45, 2.75) is 32.7 Å². The molecule has 4 heteroatoms. The van der Waals surface area contributed by atoms with E-state index in [2.05, 4.69) is 40.3 Å². The molecule has 2 rings (SSSR count). The maximum atomic E-state index is 13.4. The van der Waals surface area contributed by atoms with Crippen molar-refractivity contribution in [2.75, 3.05) is 6.54 Å². The standard InChI is InChI=1S/C16H19BrFNS/c1-3-8-19-14(15-6-7-16(17)20-15)10-12-9-13(18)5-4-11(12)2/h4-7,9,14,19H,3,8,10H2,1-2H3. The van der Waals surface area contributed by atoms with E-state index in [1.807, 2.05) is 13.0 Å². The second-order valence-electron chi connectivity index (χ2n) is 4.92. The Hall–Kier alpha value is -0.710. The quantitative estimate of drug-likeness (QED) is 0.746. The van der Waals surface area contributed by atoms with Crippen LogP contribution in [0.25, 0.3) is 0 Å². The molecular weight excluding hydrogens is 337 g/mol. The van der Waals surface area contributed by atoms with Gasteiger partial charge in [-0.25, -0.2) is 4.39 Å². The average Bonchev–Trinajstić information content (AvgIpc) is 2.85. The predicted molar refractivity (Wildman–Crippen MR) is 87.9 cm³/mol. The van der Waals surface area contributed by atoms with Gasteiger partial charge in [-0.3, -0.25) is 0 Å². The molecule has 0 amide bonds. The Labute approximate surface area is 132 Å². The number of nitrogens with one attached hydrogen (secondary N) is 1. The Kier molecular flexibility index (Phi) is 5.75. The number of hydrogen-bond donors (Lipinski definition) is 1. The number of rotatable bonds is 6. The summed E-state index contributed by atoms with van der Waals surface area (Å²) < 4.78 is 14.6. The molecule has 0 saturated carbocycles. The minimum atomic E-state index is -0.160. The van der Waals surface area contributed by atoms with Gasteiger partial charge >= 0.3 is 0 Å². The van der Waals surface area contributed by atoms with E-state index in [1.54, 1.807) is 17.4 Å². The highest BCUT2D eigenvalue weighted by Crippen LogP contribution is 2.30. The molecule has 0 fully saturated rings. The summed E-state index contributed by atoms with van der Waals surface area (Å²) in [4.78, 5) is 1.29. The fraction of sp³-hybridized carbons (Fsp3) is 0.375. The highest BCUT2D eigenvalue weighted by atomic mass is 79.9. The second-order valence-corrected chi connectivity index (χ2v) is 7.42. The number of halogens is 2. The molecule has 1 nitrogen and oxygen atoms in total. The maximum Gasteiger partial charge on any atom is 0.123 e. The van der Waals surface area contributed by atoms with Crippen molar-refractivity contribution >= 4 is 27.3 Å². The lowest BCUT2D eigenvalue weighted by Gasteiger charge is -2.18. The topological polar surface area (TPSA) is 12.0 Å². The van der Waals surface area contributed by atoms with Gasteiger partial charge in [0.05, 0.1) is 3.79 Å². The van der Waals surface area contributed by atoms with E-state index in [0.29, 0.717) is 0 Å². The molecule has 1 unspecified atom stereocenters. The number of hydrogen-bond acceptors (Lipinski definition) is 2. The Morgan fingerprint density at radius 3 is 2.75 bits per heavy atom. The van der Waals surface area contributed by atoms with Gasteiger partial charge in [0.1, 0.15) is 5.82 Å². The van der Waals surface area contributed by atoms with Crippen LogP contribution in [-0.2, 0) is 6.42 Å². The van der Waals surface area contributed by atoms with E-state index < -0.39 is 0 Å². The molecule has 0 bridgehead atoms. The van der Waals surface area contributed by atoms with Crippen LogP contribution in [0, 0.1) is 12.7 Å². The first kappa shape index (κ1) is 15.7. The third-order valence-corrected chi connectivity index (χ3v) is 5.05. The molecule has 1 N–H and O–H groups in total. The SMILES string of the molecule is CCCNC(Cc1cc(F)ccc1C)c1ccc(Br)s1. The summed E-state index contributed by atoms with van der Waals surface area (Å²) in [6.07, 6.45) is 1.90. The number of benzene rings is 1. The van der Waals surface area contributed by atoms with Crippen LogP contribution in [0.1, 0.15) is 35.4 Å². The van der Waals surface area contributed by atoms with E-state index in [0.717, 1.165) is 34.3 Å². The Bertz CT molecular complexity index is 567. The minimum absolute atomic E-state index is 0.160. The van der Waals surface area contributed by atoms with Gasteiger partial charge in [-0.2, -0.15) is 0 Å². The van der Waals surface area contributed by atoms with Crippen LogP contribution in [0.3, 0.4) is 0 Å². The highest BCUT2D eigenvalue weighted by molar-refractivity contribution is 9.11. The molecule has 2 aromatic rings. The summed E-state index contributed by atoms with van der Waals surface area (Å²) >= 11 is 5.25. The van der Waals surface area contributed by atoms with Crippen LogP contribution in [0.2, 0.25) is 0 Å². The van der Waals surface area contributed by atoms with Gasteiger partial charge in [-0.05, 0) is 77.6 Å². The van der Waals surface area contributed by atoms with E-state index in [4.69, 9.17) is 0 Å². The molecule has 0 radical (unpaired) electrons. The molecule has 1 atom stereocenters. The van der Waals surface area contributed by atoms with Gasteiger partial charge in [-0.15, -0.1) is 11.3 Å². The minimum Gasteiger partial charge on any atom is -0.309 e. The summed E-state index contributed by atoms with van der Waals surface area (Å²) in [5, 5.41) is 3.56. The Morgan fingerprint density at radius 2 is 2.10 bits per heavy atom. The Balaban J connectivity index is 2.21. The van der Waals surface area contributed by atoms with Crippen molar-refractivity contribution in [1.29, 1.82) is 0 Å². The Morgan fingerprint density at radius 1 is 1.30 bits per heavy atom. The third kappa shape index (κ3) is 4.14. The largest absolute Gasteiger partial charge is 0.309 e. The van der Waals surface area contributed by atoms with Crippen molar-refractivity contribution in [3.63, 3.8) is 0 Å². The van der Waals surface area contributed by atoms with Crippen LogP contribution in [0.15, 0.2) is 34.1 Å². The second kappa shape index (κ2) is 7.34. The zero-order chi connectivity index (χ0) is 14.5. The summed E-state index contributed by atoms with van der Waals surface area (Å²) in [5.41, 5.74) is 2.22. The summed E-state index contributed by atoms with van der Waals surface area (Å²) in [6.45, 7) is 5.16. The first-order valence-electron chi connectivity index (χ1n) is 6.83. The molecule has 1 heterocycles. The number of thiophene rings is 1. The van der Waals surface area contributed by atoms with Gasteiger partial charge in [0.25, 0.3) is 0 Å². The van der Waals surface area contributed by atoms with Gasteiger partial charge in [-0.1, -0.05) is 13.0 Å². The molecule has 0 aliphatic heterocycles. The monoisotopic (exact) mass is 355 g/mol. The molecule has 0 saturated heterocycles. The molecule has 0 spiro atoms. The summed E-state index contributed by atoms with van der Waals surface area (Å²) in [6, 6.07) is 9.47. The van der Waals surface area contributed by atoms with Crippen molar-refractivity contribution in [3.8, 4) is 0 Å². The molecule has 1 aromatic heterocycles. The fourth-order valence-electron chi connectivity index (χ4n) is 2.19. The van der Waals surface area contributed by atoms with Gasteiger partial charge in [0.15, 0.2) is 0 Å². The van der Waals surface area contributed by atoms with Crippen molar-refractivity contribution in [1.82, 2.24) is 5.32 Å². The molecular formula is C16H19BrFNS. The fourth-order valence-corrected chi connectivity index (χ4v) is 3.69. The van der Waals surface area contributed by atoms with E-state index >= 15 is 0 Å². The van der Waals surface area contributed by atoms with Gasteiger partial charge < -0.3 is 5.32 Å². The number of aryl methyl sites for hydroxylation is 1. The van der Waals surface area contributed by atoms with Crippen LogP contribution in [-0.4, -0.2) is 6.54 Å². The molecule has 20 heavy (non-hydrogen) atoms. The molecule has 0 aliphatic carbocycles. The van der Waals surface area contributed by atoms with Crippen molar-refractivity contribution in [2.24, 2.45) is 0 Å². The van der Waals surface area contributed by atoms with E-state index in [9.17, 15) is 4.39 Å². The van der Waals surface area contributed by atoms with Crippen LogP contribution < -0.4 is 5.32 Å². The maximum absolute atomic E-state index is 13.4. The first-order valence-corrected chi connectivity index (χ1v) is 8.44. The first-order chi connectivity index (χ1) is 9.60. The lowest BCUT2D eigenvalue weighted by atomic mass is 10.00. The lowest BCUT2D eigenvalue weighted by Crippen LogP contribution is -2.23. The van der Waals surface area contributed by atoms with Crippen LogP contribution in [0.5, 0.6) is 0 Å². The normalized spacial score (nSPS) is 12.6. The van der Waals surface area contributed by atoms with Crippen molar-refractivity contribution < 1.29 is 4.39 Å². The van der Waals surface area contributed by atoms with Crippen molar-refractivity contribution in [3.05, 3.63) is 55.9 Å². The lowest BCUT2D eigenvalue weighted by molar-refractivity contribution is 0.533. The summed E-state index contributed by atoms with van der Waals surface area (Å²) in [5.74, 6) is -0.160. The van der Waals surface area contributed by atoms with Crippen LogP contribution in [0.4, 0.5) is 4.39 Å². The smallest absolute Gasteiger partial charge is 0.123 e. The molecule has 1 aromatic carbocycles. The van der Waals surface area contributed by atoms with E-state index in [1.165, 1.54) is 10.9 Å². The zero-order valence-corrected chi connectivity index (χ0v) is 14.2. The van der Waals surface area contributed by atoms with Crippen LogP contribution >= 0.6 is 27.3 Å². The highest BCUT2D eigenvalue weighted by Gasteiger charge is 2.15. The zero-order valence-electron chi connectivity index (χ0n) is 11.7.